The van der Waals surface area contributed by atoms with Gasteiger partial charge in [0.25, 0.3) is 0 Å². The van der Waals surface area contributed by atoms with E-state index in [0.29, 0.717) is 0 Å². The molecule has 15 heavy (non-hydrogen) atoms. The number of hydroxylamine groups is 1. The monoisotopic (exact) mass is 211 g/mol. The number of hydrogen-bond donors (Lipinski definition) is 3. The minimum absolute atomic E-state index is 0.123. The van der Waals surface area contributed by atoms with Gasteiger partial charge in [-0.05, 0) is 5.56 Å². The Morgan fingerprint density at radius 3 is 2.60 bits per heavy atom. The smallest absolute Gasteiger partial charge is 0.328 e. The Kier molecular flexibility index (Phi) is 4.76. The second-order valence-corrected chi connectivity index (χ2v) is 2.96. The number of hydrogen-bond acceptors (Lipinski definition) is 5. The SMILES string of the molecule is O=C(OCc1ccccc1)[C@H](CO)NO. The van der Waals surface area contributed by atoms with Crippen molar-refractivity contribution in [2.75, 3.05) is 6.61 Å². The molecule has 0 fully saturated rings. The van der Waals surface area contributed by atoms with Gasteiger partial charge >= 0.3 is 5.97 Å². The van der Waals surface area contributed by atoms with E-state index in [1.807, 2.05) is 30.3 Å². The molecule has 5 heteroatoms. The Balaban J connectivity index is 2.40. The lowest BCUT2D eigenvalue weighted by Crippen LogP contribution is -2.38. The lowest BCUT2D eigenvalue weighted by atomic mass is 10.2. The van der Waals surface area contributed by atoms with Crippen molar-refractivity contribution < 1.29 is 19.8 Å². The number of esters is 1. The van der Waals surface area contributed by atoms with Crippen LogP contribution in [-0.4, -0.2) is 28.9 Å². The number of nitrogens with one attached hydrogen (secondary N) is 1. The van der Waals surface area contributed by atoms with Crippen molar-refractivity contribution in [3.8, 4) is 0 Å². The van der Waals surface area contributed by atoms with Gasteiger partial charge in [0.1, 0.15) is 6.61 Å². The average molecular weight is 211 g/mol. The first-order valence-electron chi connectivity index (χ1n) is 4.49. The summed E-state index contributed by atoms with van der Waals surface area (Å²) in [7, 11) is 0. The molecule has 5 nitrogen and oxygen atoms in total. The third-order valence-corrected chi connectivity index (χ3v) is 1.85. The predicted octanol–water partition coefficient (Wildman–Crippen LogP) is 0.0695. The molecule has 1 aromatic rings. The molecule has 0 unspecified atom stereocenters. The van der Waals surface area contributed by atoms with Crippen LogP contribution in [-0.2, 0) is 16.1 Å². The highest BCUT2D eigenvalue weighted by Gasteiger charge is 2.17. The van der Waals surface area contributed by atoms with Crippen LogP contribution in [0.5, 0.6) is 0 Å². The second kappa shape index (κ2) is 6.13. The van der Waals surface area contributed by atoms with Crippen LogP contribution >= 0.6 is 0 Å². The largest absolute Gasteiger partial charge is 0.460 e. The van der Waals surface area contributed by atoms with Gasteiger partial charge in [-0.15, -0.1) is 0 Å². The molecule has 0 amide bonds. The molecule has 1 rings (SSSR count). The molecule has 3 N–H and O–H groups in total. The summed E-state index contributed by atoms with van der Waals surface area (Å²) < 4.78 is 4.85. The molecule has 1 aromatic carbocycles. The number of carbonyl (C=O) groups excluding carboxylic acids is 1. The zero-order chi connectivity index (χ0) is 11.1. The fourth-order valence-corrected chi connectivity index (χ4v) is 0.997. The summed E-state index contributed by atoms with van der Waals surface area (Å²) in [4.78, 5) is 11.2. The van der Waals surface area contributed by atoms with E-state index in [4.69, 9.17) is 15.1 Å². The quantitative estimate of drug-likeness (QED) is 0.474. The molecule has 0 aromatic heterocycles. The highest BCUT2D eigenvalue weighted by molar-refractivity contribution is 5.75. The summed E-state index contributed by atoms with van der Waals surface area (Å²) in [5.41, 5.74) is 2.51. The summed E-state index contributed by atoms with van der Waals surface area (Å²) in [6.07, 6.45) is 0. The van der Waals surface area contributed by atoms with E-state index in [0.717, 1.165) is 5.56 Å². The van der Waals surface area contributed by atoms with Crippen molar-refractivity contribution >= 4 is 5.97 Å². The van der Waals surface area contributed by atoms with E-state index in [9.17, 15) is 4.79 Å². The molecule has 0 heterocycles. The van der Waals surface area contributed by atoms with Crippen LogP contribution in [0.3, 0.4) is 0 Å². The highest BCUT2D eigenvalue weighted by atomic mass is 16.5. The van der Waals surface area contributed by atoms with Crippen LogP contribution in [0, 0.1) is 0 Å². The first-order valence-corrected chi connectivity index (χ1v) is 4.49. The van der Waals surface area contributed by atoms with Gasteiger partial charge in [0.15, 0.2) is 6.04 Å². The zero-order valence-electron chi connectivity index (χ0n) is 8.09. The van der Waals surface area contributed by atoms with Gasteiger partial charge in [0, 0.05) is 0 Å². The maximum absolute atomic E-state index is 11.2. The summed E-state index contributed by atoms with van der Waals surface area (Å²) in [6.45, 7) is -0.387. The fraction of sp³-hybridized carbons (Fsp3) is 0.300. The van der Waals surface area contributed by atoms with Gasteiger partial charge in [0.05, 0.1) is 6.61 Å². The van der Waals surface area contributed by atoms with Crippen molar-refractivity contribution in [3.05, 3.63) is 35.9 Å². The topological polar surface area (TPSA) is 78.8 Å². The number of rotatable bonds is 5. The van der Waals surface area contributed by atoms with Gasteiger partial charge < -0.3 is 15.1 Å². The summed E-state index contributed by atoms with van der Waals surface area (Å²) in [5, 5.41) is 17.2. The van der Waals surface area contributed by atoms with E-state index >= 15 is 0 Å². The molecule has 0 radical (unpaired) electrons. The van der Waals surface area contributed by atoms with E-state index in [2.05, 4.69) is 0 Å². The van der Waals surface area contributed by atoms with Crippen molar-refractivity contribution in [2.45, 2.75) is 12.6 Å². The van der Waals surface area contributed by atoms with E-state index in [1.165, 1.54) is 0 Å². The number of carbonyl (C=O) groups is 1. The van der Waals surface area contributed by atoms with Crippen LogP contribution < -0.4 is 5.48 Å². The zero-order valence-corrected chi connectivity index (χ0v) is 8.09. The van der Waals surface area contributed by atoms with Crippen LogP contribution in [0.25, 0.3) is 0 Å². The van der Waals surface area contributed by atoms with Gasteiger partial charge in [-0.25, -0.2) is 0 Å². The highest BCUT2D eigenvalue weighted by Crippen LogP contribution is 2.01. The van der Waals surface area contributed by atoms with Gasteiger partial charge in [0.2, 0.25) is 0 Å². The Morgan fingerprint density at radius 2 is 2.07 bits per heavy atom. The Labute approximate surface area is 87.3 Å². The van der Waals surface area contributed by atoms with Crippen molar-refractivity contribution in [2.24, 2.45) is 0 Å². The van der Waals surface area contributed by atoms with Crippen molar-refractivity contribution in [1.82, 2.24) is 5.48 Å². The molecular formula is C10H13NO4. The van der Waals surface area contributed by atoms with Crippen LogP contribution in [0.1, 0.15) is 5.56 Å². The number of aliphatic hydroxyl groups excluding tert-OH is 1. The molecule has 0 bridgehead atoms. The fourth-order valence-electron chi connectivity index (χ4n) is 0.997. The van der Waals surface area contributed by atoms with E-state index < -0.39 is 18.6 Å². The first-order chi connectivity index (χ1) is 7.27. The number of ether oxygens (including phenoxy) is 1. The van der Waals surface area contributed by atoms with Crippen LogP contribution in [0.4, 0.5) is 0 Å². The normalized spacial score (nSPS) is 12.1. The maximum atomic E-state index is 11.2. The van der Waals surface area contributed by atoms with Crippen molar-refractivity contribution in [3.63, 3.8) is 0 Å². The maximum Gasteiger partial charge on any atom is 0.328 e. The Morgan fingerprint density at radius 1 is 1.40 bits per heavy atom. The van der Waals surface area contributed by atoms with Gasteiger partial charge in [-0.2, -0.15) is 5.48 Å². The summed E-state index contributed by atoms with van der Waals surface area (Å²) in [6, 6.07) is 8.06. The van der Waals surface area contributed by atoms with Gasteiger partial charge in [-0.1, -0.05) is 30.3 Å². The van der Waals surface area contributed by atoms with Gasteiger partial charge in [-0.3, -0.25) is 4.79 Å². The molecule has 0 aliphatic carbocycles. The molecule has 82 valence electrons. The lowest BCUT2D eigenvalue weighted by molar-refractivity contribution is -0.151. The Hall–Kier alpha value is -1.43. The van der Waals surface area contributed by atoms with E-state index in [1.54, 1.807) is 5.48 Å². The standard InChI is InChI=1S/C10H13NO4/c12-6-9(11-14)10(13)15-7-8-4-2-1-3-5-8/h1-5,9,11-12,14H,6-7H2/t9-/m0/s1. The number of aliphatic hydroxyl groups is 1. The molecule has 0 aliphatic rings. The average Bonchev–Trinajstić information content (AvgIpc) is 2.29. The third-order valence-electron chi connectivity index (χ3n) is 1.85. The third kappa shape index (κ3) is 3.67. The molecular weight excluding hydrogens is 198 g/mol. The lowest BCUT2D eigenvalue weighted by Gasteiger charge is -2.11. The minimum atomic E-state index is -1.09. The molecule has 0 saturated carbocycles. The Bertz CT molecular complexity index is 298. The van der Waals surface area contributed by atoms with E-state index in [-0.39, 0.29) is 6.61 Å². The second-order valence-electron chi connectivity index (χ2n) is 2.96. The first kappa shape index (κ1) is 11.6. The van der Waals surface area contributed by atoms with Crippen LogP contribution in [0.2, 0.25) is 0 Å². The van der Waals surface area contributed by atoms with Crippen LogP contribution in [0.15, 0.2) is 30.3 Å². The predicted molar refractivity (Wildman–Crippen MR) is 52.0 cm³/mol. The number of benzene rings is 1. The molecule has 0 saturated heterocycles. The minimum Gasteiger partial charge on any atom is -0.460 e. The molecule has 0 spiro atoms. The summed E-state index contributed by atoms with van der Waals surface area (Å²) in [5.74, 6) is -0.691. The van der Waals surface area contributed by atoms with Crippen molar-refractivity contribution in [1.29, 1.82) is 0 Å². The molecule has 0 aliphatic heterocycles. The molecule has 1 atom stereocenters. The summed E-state index contributed by atoms with van der Waals surface area (Å²) >= 11 is 0.